The van der Waals surface area contributed by atoms with E-state index in [-0.39, 0.29) is 5.75 Å². The van der Waals surface area contributed by atoms with Gasteiger partial charge in [-0.25, -0.2) is 5.43 Å². The van der Waals surface area contributed by atoms with Crippen LogP contribution in [0, 0.1) is 6.92 Å². The topological polar surface area (TPSA) is 61.7 Å². The normalized spacial score (nSPS) is 10.7. The highest BCUT2D eigenvalue weighted by Crippen LogP contribution is 2.19. The number of aromatic hydroxyl groups is 1. The summed E-state index contributed by atoms with van der Waals surface area (Å²) >= 11 is 5.91. The van der Waals surface area contributed by atoms with Gasteiger partial charge in [0.25, 0.3) is 5.91 Å². The summed E-state index contributed by atoms with van der Waals surface area (Å²) in [4.78, 5) is 11.8. The van der Waals surface area contributed by atoms with E-state index >= 15 is 0 Å². The standard InChI is InChI=1S/C15H13ClN2O2/c1-10-5-4-6-11(14(10)19)9-17-18-15(20)12-7-2-3-8-13(12)16/h2-9,19H,1H3,(H,18,20)/b17-9-. The highest BCUT2D eigenvalue weighted by atomic mass is 35.5. The molecule has 0 aliphatic rings. The number of phenols is 1. The van der Waals surface area contributed by atoms with Gasteiger partial charge in [-0.15, -0.1) is 0 Å². The van der Waals surface area contributed by atoms with Crippen molar-refractivity contribution in [1.29, 1.82) is 0 Å². The van der Waals surface area contributed by atoms with Crippen LogP contribution in [0.1, 0.15) is 21.5 Å². The Hall–Kier alpha value is -2.33. The Balaban J connectivity index is 2.09. The molecule has 2 aromatic carbocycles. The fraction of sp³-hybridized carbons (Fsp3) is 0.0667. The molecule has 0 heterocycles. The van der Waals surface area contributed by atoms with Crippen LogP contribution >= 0.6 is 11.6 Å². The van der Waals surface area contributed by atoms with Crippen molar-refractivity contribution in [2.75, 3.05) is 0 Å². The van der Waals surface area contributed by atoms with E-state index in [1.165, 1.54) is 6.21 Å². The molecule has 0 atom stereocenters. The Morgan fingerprint density at radius 2 is 2.00 bits per heavy atom. The summed E-state index contributed by atoms with van der Waals surface area (Å²) in [5.41, 5.74) is 3.99. The van der Waals surface area contributed by atoms with Gasteiger partial charge in [-0.2, -0.15) is 5.10 Å². The second-order valence-electron chi connectivity index (χ2n) is 4.19. The summed E-state index contributed by atoms with van der Waals surface area (Å²) in [7, 11) is 0. The zero-order valence-corrected chi connectivity index (χ0v) is 11.6. The van der Waals surface area contributed by atoms with Gasteiger partial charge in [0.2, 0.25) is 0 Å². The molecule has 1 amide bonds. The second kappa shape index (κ2) is 6.21. The molecule has 0 radical (unpaired) electrons. The average molecular weight is 289 g/mol. The maximum Gasteiger partial charge on any atom is 0.272 e. The average Bonchev–Trinajstić information content (AvgIpc) is 2.44. The summed E-state index contributed by atoms with van der Waals surface area (Å²) < 4.78 is 0. The van der Waals surface area contributed by atoms with Crippen molar-refractivity contribution in [2.24, 2.45) is 5.10 Å². The number of nitrogens with zero attached hydrogens (tertiary/aromatic N) is 1. The molecule has 2 N–H and O–H groups in total. The van der Waals surface area contributed by atoms with Crippen molar-refractivity contribution < 1.29 is 9.90 Å². The van der Waals surface area contributed by atoms with Crippen LogP contribution in [0.4, 0.5) is 0 Å². The van der Waals surface area contributed by atoms with E-state index < -0.39 is 5.91 Å². The Kier molecular flexibility index (Phi) is 4.38. The van der Waals surface area contributed by atoms with Crippen LogP contribution in [-0.2, 0) is 0 Å². The first-order chi connectivity index (χ1) is 9.59. The van der Waals surface area contributed by atoms with Gasteiger partial charge in [0.05, 0.1) is 16.8 Å². The minimum absolute atomic E-state index is 0.142. The van der Waals surface area contributed by atoms with Crippen LogP contribution < -0.4 is 5.43 Å². The second-order valence-corrected chi connectivity index (χ2v) is 4.60. The van der Waals surface area contributed by atoms with Gasteiger partial charge in [-0.1, -0.05) is 35.9 Å². The van der Waals surface area contributed by atoms with Crippen molar-refractivity contribution in [3.63, 3.8) is 0 Å². The van der Waals surface area contributed by atoms with Crippen molar-refractivity contribution in [1.82, 2.24) is 5.43 Å². The molecule has 0 aromatic heterocycles. The smallest absolute Gasteiger partial charge is 0.272 e. The van der Waals surface area contributed by atoms with Crippen molar-refractivity contribution in [3.05, 3.63) is 64.2 Å². The molecule has 0 aliphatic heterocycles. The number of carbonyl (C=O) groups is 1. The third-order valence-corrected chi connectivity index (χ3v) is 3.09. The fourth-order valence-electron chi connectivity index (χ4n) is 1.65. The van der Waals surface area contributed by atoms with Crippen molar-refractivity contribution >= 4 is 23.7 Å². The minimum Gasteiger partial charge on any atom is -0.507 e. The summed E-state index contributed by atoms with van der Waals surface area (Å²) in [6.07, 6.45) is 1.39. The summed E-state index contributed by atoms with van der Waals surface area (Å²) in [6.45, 7) is 1.79. The molecule has 0 aliphatic carbocycles. The molecule has 0 saturated heterocycles. The summed E-state index contributed by atoms with van der Waals surface area (Å²) in [5.74, 6) is -0.262. The third kappa shape index (κ3) is 3.16. The molecule has 0 saturated carbocycles. The van der Waals surface area contributed by atoms with Crippen LogP contribution in [0.5, 0.6) is 5.75 Å². The lowest BCUT2D eigenvalue weighted by atomic mass is 10.1. The predicted octanol–water partition coefficient (Wildman–Crippen LogP) is 3.12. The first kappa shape index (κ1) is 14.1. The van der Waals surface area contributed by atoms with E-state index in [1.807, 2.05) is 0 Å². The van der Waals surface area contributed by atoms with E-state index in [9.17, 15) is 9.90 Å². The molecule has 20 heavy (non-hydrogen) atoms. The SMILES string of the molecule is Cc1cccc(/C=N\NC(=O)c2ccccc2Cl)c1O. The van der Waals surface area contributed by atoms with Gasteiger partial charge in [-0.3, -0.25) is 4.79 Å². The molecular formula is C15H13ClN2O2. The molecule has 0 spiro atoms. The van der Waals surface area contributed by atoms with E-state index in [1.54, 1.807) is 49.4 Å². The quantitative estimate of drug-likeness (QED) is 0.673. The molecule has 0 bridgehead atoms. The van der Waals surface area contributed by atoms with Gasteiger partial charge in [0.1, 0.15) is 5.75 Å². The number of phenolic OH excluding ortho intramolecular Hbond substituents is 1. The molecule has 0 unspecified atom stereocenters. The van der Waals surface area contributed by atoms with Gasteiger partial charge in [0, 0.05) is 5.56 Å². The van der Waals surface area contributed by atoms with Crippen LogP contribution in [0.3, 0.4) is 0 Å². The van der Waals surface area contributed by atoms with Crippen LogP contribution in [0.25, 0.3) is 0 Å². The van der Waals surface area contributed by atoms with E-state index in [4.69, 9.17) is 11.6 Å². The number of hydrogen-bond donors (Lipinski definition) is 2. The van der Waals surface area contributed by atoms with Gasteiger partial charge in [0.15, 0.2) is 0 Å². The largest absolute Gasteiger partial charge is 0.507 e. The lowest BCUT2D eigenvalue weighted by Crippen LogP contribution is -2.17. The van der Waals surface area contributed by atoms with Crippen LogP contribution in [-0.4, -0.2) is 17.2 Å². The monoisotopic (exact) mass is 288 g/mol. The Labute approximate surface area is 121 Å². The maximum atomic E-state index is 11.8. The first-order valence-electron chi connectivity index (χ1n) is 5.96. The molecule has 0 fully saturated rings. The summed E-state index contributed by atoms with van der Waals surface area (Å²) in [6, 6.07) is 12.0. The number of carbonyl (C=O) groups excluding carboxylic acids is 1. The van der Waals surface area contributed by atoms with Crippen LogP contribution in [0.15, 0.2) is 47.6 Å². The molecule has 2 aromatic rings. The number of rotatable bonds is 3. The Morgan fingerprint density at radius 1 is 1.25 bits per heavy atom. The number of para-hydroxylation sites is 1. The maximum absolute atomic E-state index is 11.8. The first-order valence-corrected chi connectivity index (χ1v) is 6.34. The number of benzene rings is 2. The molecule has 4 nitrogen and oxygen atoms in total. The minimum atomic E-state index is -0.404. The Bertz CT molecular complexity index is 669. The third-order valence-electron chi connectivity index (χ3n) is 2.76. The summed E-state index contributed by atoms with van der Waals surface area (Å²) in [5, 5.41) is 14.0. The Morgan fingerprint density at radius 3 is 2.75 bits per heavy atom. The van der Waals surface area contributed by atoms with E-state index in [0.29, 0.717) is 16.1 Å². The highest BCUT2D eigenvalue weighted by molar-refractivity contribution is 6.33. The lowest BCUT2D eigenvalue weighted by molar-refractivity contribution is 0.0955. The lowest BCUT2D eigenvalue weighted by Gasteiger charge is -2.03. The molecule has 102 valence electrons. The number of halogens is 1. The number of hydrogen-bond acceptors (Lipinski definition) is 3. The van der Waals surface area contributed by atoms with E-state index in [2.05, 4.69) is 10.5 Å². The molecular weight excluding hydrogens is 276 g/mol. The predicted molar refractivity (Wildman–Crippen MR) is 79.4 cm³/mol. The fourth-order valence-corrected chi connectivity index (χ4v) is 1.87. The van der Waals surface area contributed by atoms with Crippen LogP contribution in [0.2, 0.25) is 5.02 Å². The van der Waals surface area contributed by atoms with Gasteiger partial charge >= 0.3 is 0 Å². The number of hydrazone groups is 1. The number of aryl methyl sites for hydroxylation is 1. The van der Waals surface area contributed by atoms with Gasteiger partial charge < -0.3 is 5.11 Å². The highest BCUT2D eigenvalue weighted by Gasteiger charge is 2.08. The van der Waals surface area contributed by atoms with E-state index in [0.717, 1.165) is 5.56 Å². The van der Waals surface area contributed by atoms with Crippen molar-refractivity contribution in [3.8, 4) is 5.75 Å². The van der Waals surface area contributed by atoms with Gasteiger partial charge in [-0.05, 0) is 30.7 Å². The number of amides is 1. The number of nitrogens with one attached hydrogen (secondary N) is 1. The molecule has 2 rings (SSSR count). The zero-order chi connectivity index (χ0) is 14.5. The molecule has 5 heteroatoms. The zero-order valence-electron chi connectivity index (χ0n) is 10.8. The van der Waals surface area contributed by atoms with Crippen molar-refractivity contribution in [2.45, 2.75) is 6.92 Å².